The van der Waals surface area contributed by atoms with Crippen LogP contribution in [0.4, 0.5) is 5.69 Å². The highest BCUT2D eigenvalue weighted by Crippen LogP contribution is 2.37. The number of para-hydroxylation sites is 1. The van der Waals surface area contributed by atoms with E-state index in [1.807, 2.05) is 61.5 Å². The highest BCUT2D eigenvalue weighted by atomic mass is 35.5. The summed E-state index contributed by atoms with van der Waals surface area (Å²) in [5.41, 5.74) is 4.15. The summed E-state index contributed by atoms with van der Waals surface area (Å²) in [6.45, 7) is 6.70. The zero-order chi connectivity index (χ0) is 19.7. The molecule has 1 aliphatic heterocycles. The first-order valence-corrected chi connectivity index (χ1v) is 9.52. The molecule has 1 amide bonds. The average molecular weight is 393 g/mol. The van der Waals surface area contributed by atoms with Gasteiger partial charge in [0.25, 0.3) is 5.91 Å². The number of fused-ring (bicyclic) bond motifs is 1. The van der Waals surface area contributed by atoms with Gasteiger partial charge in [-0.05, 0) is 24.6 Å². The second-order valence-electron chi connectivity index (χ2n) is 6.77. The Kier molecular flexibility index (Phi) is 4.92. The van der Waals surface area contributed by atoms with E-state index in [2.05, 4.69) is 17.0 Å². The normalized spacial score (nSPS) is 15.9. The van der Waals surface area contributed by atoms with Crippen LogP contribution in [0.1, 0.15) is 33.3 Å². The Hall–Kier alpha value is -3.05. The molecule has 1 N–H and O–H groups in total. The van der Waals surface area contributed by atoms with Crippen LogP contribution in [0.15, 0.2) is 67.3 Å². The summed E-state index contributed by atoms with van der Waals surface area (Å²) in [7, 11) is 0. The summed E-state index contributed by atoms with van der Waals surface area (Å²) in [6.07, 6.45) is 1.32. The third-order valence-corrected chi connectivity index (χ3v) is 5.30. The second kappa shape index (κ2) is 7.52. The number of benzene rings is 2. The molecule has 0 saturated carbocycles. The quantitative estimate of drug-likeness (QED) is 0.643. The van der Waals surface area contributed by atoms with Crippen LogP contribution in [0.2, 0.25) is 5.15 Å². The number of hydrogen-bond donors (Lipinski definition) is 1. The molecule has 2 aromatic carbocycles. The van der Waals surface area contributed by atoms with Crippen LogP contribution in [0.25, 0.3) is 0 Å². The molecule has 6 heteroatoms. The van der Waals surface area contributed by atoms with Crippen molar-refractivity contribution in [3.63, 3.8) is 0 Å². The Morgan fingerprint density at radius 2 is 1.89 bits per heavy atom. The van der Waals surface area contributed by atoms with Crippen molar-refractivity contribution in [3.05, 3.63) is 94.8 Å². The Bertz CT molecular complexity index is 1030. The molecular formula is C22H21ClN4O. The maximum Gasteiger partial charge on any atom is 0.258 e. The molecule has 1 aliphatic rings. The van der Waals surface area contributed by atoms with Gasteiger partial charge in [0.05, 0.1) is 23.4 Å². The number of hydrogen-bond acceptors (Lipinski definition) is 3. The van der Waals surface area contributed by atoms with E-state index in [4.69, 9.17) is 11.6 Å². The Labute approximate surface area is 169 Å². The smallest absolute Gasteiger partial charge is 0.258 e. The van der Waals surface area contributed by atoms with Crippen LogP contribution >= 0.6 is 11.6 Å². The van der Waals surface area contributed by atoms with Gasteiger partial charge in [0, 0.05) is 12.2 Å². The molecule has 0 radical (unpaired) electrons. The van der Waals surface area contributed by atoms with Crippen molar-refractivity contribution in [1.82, 2.24) is 14.7 Å². The van der Waals surface area contributed by atoms with Crippen LogP contribution in [-0.2, 0) is 6.54 Å². The standard InChI is InChI=1S/C22H21ClN4O/c1-3-13-26-21(24-18-12-8-7-11-17(18)22(26)28)19-15(2)25-27(20(19)23)14-16-9-5-4-6-10-16/h3-12,21,24H,1,13-14H2,2H3. The number of aryl methyl sites for hydroxylation is 1. The van der Waals surface area contributed by atoms with Gasteiger partial charge >= 0.3 is 0 Å². The van der Waals surface area contributed by atoms with Gasteiger partial charge in [-0.25, -0.2) is 4.68 Å². The van der Waals surface area contributed by atoms with Gasteiger partial charge in [0.2, 0.25) is 0 Å². The fourth-order valence-electron chi connectivity index (χ4n) is 3.59. The van der Waals surface area contributed by atoms with Crippen molar-refractivity contribution in [3.8, 4) is 0 Å². The zero-order valence-electron chi connectivity index (χ0n) is 15.6. The van der Waals surface area contributed by atoms with Gasteiger partial charge in [0.1, 0.15) is 11.3 Å². The maximum atomic E-state index is 13.1. The number of rotatable bonds is 5. The monoisotopic (exact) mass is 392 g/mol. The van der Waals surface area contributed by atoms with Crippen molar-refractivity contribution < 1.29 is 4.79 Å². The molecule has 0 bridgehead atoms. The van der Waals surface area contributed by atoms with Gasteiger partial charge in [-0.15, -0.1) is 6.58 Å². The Morgan fingerprint density at radius 3 is 2.64 bits per heavy atom. The molecule has 28 heavy (non-hydrogen) atoms. The highest BCUT2D eigenvalue weighted by molar-refractivity contribution is 6.30. The third kappa shape index (κ3) is 3.18. The molecule has 1 aromatic heterocycles. The van der Waals surface area contributed by atoms with Crippen LogP contribution in [0.5, 0.6) is 0 Å². The fraction of sp³-hybridized carbons (Fsp3) is 0.182. The minimum absolute atomic E-state index is 0.0504. The Morgan fingerprint density at radius 1 is 1.18 bits per heavy atom. The lowest BCUT2D eigenvalue weighted by atomic mass is 10.0. The number of amides is 1. The van der Waals surface area contributed by atoms with Crippen LogP contribution in [0, 0.1) is 6.92 Å². The lowest BCUT2D eigenvalue weighted by Crippen LogP contribution is -2.43. The molecule has 0 spiro atoms. The number of carbonyl (C=O) groups is 1. The Balaban J connectivity index is 1.75. The molecule has 0 saturated heterocycles. The van der Waals surface area contributed by atoms with Crippen LogP contribution in [0.3, 0.4) is 0 Å². The van der Waals surface area contributed by atoms with Gasteiger partial charge in [-0.1, -0.05) is 60.1 Å². The molecule has 1 atom stereocenters. The molecular weight excluding hydrogens is 372 g/mol. The largest absolute Gasteiger partial charge is 0.361 e. The second-order valence-corrected chi connectivity index (χ2v) is 7.13. The summed E-state index contributed by atoms with van der Waals surface area (Å²) in [5, 5.41) is 8.62. The lowest BCUT2D eigenvalue weighted by molar-refractivity contribution is 0.0707. The fourth-order valence-corrected chi connectivity index (χ4v) is 3.92. The first-order valence-electron chi connectivity index (χ1n) is 9.14. The summed E-state index contributed by atoms with van der Waals surface area (Å²) in [5.74, 6) is -0.0504. The molecule has 3 aromatic rings. The molecule has 1 unspecified atom stereocenters. The van der Waals surface area contributed by atoms with Gasteiger partial charge < -0.3 is 10.2 Å². The van der Waals surface area contributed by atoms with E-state index >= 15 is 0 Å². The predicted octanol–water partition coefficient (Wildman–Crippen LogP) is 4.65. The molecule has 5 nitrogen and oxygen atoms in total. The van der Waals surface area contributed by atoms with Crippen molar-refractivity contribution >= 4 is 23.2 Å². The van der Waals surface area contributed by atoms with Gasteiger partial charge in [-0.2, -0.15) is 5.10 Å². The van der Waals surface area contributed by atoms with E-state index in [0.717, 1.165) is 22.5 Å². The summed E-state index contributed by atoms with van der Waals surface area (Å²) < 4.78 is 1.78. The SMILES string of the molecule is C=CCN1C(=O)c2ccccc2NC1c1c(C)nn(Cc2ccccc2)c1Cl. The molecule has 2 heterocycles. The number of aromatic nitrogens is 2. The summed E-state index contributed by atoms with van der Waals surface area (Å²) in [4.78, 5) is 14.8. The first kappa shape index (κ1) is 18.3. The zero-order valence-corrected chi connectivity index (χ0v) is 16.4. The van der Waals surface area contributed by atoms with Crippen LogP contribution in [-0.4, -0.2) is 27.1 Å². The first-order chi connectivity index (χ1) is 13.6. The number of carbonyl (C=O) groups excluding carboxylic acids is 1. The average Bonchev–Trinajstić information content (AvgIpc) is 2.98. The van der Waals surface area contributed by atoms with Crippen LogP contribution < -0.4 is 5.32 Å². The van der Waals surface area contributed by atoms with Crippen molar-refractivity contribution in [1.29, 1.82) is 0 Å². The van der Waals surface area contributed by atoms with Crippen molar-refractivity contribution in [2.24, 2.45) is 0 Å². The highest BCUT2D eigenvalue weighted by Gasteiger charge is 2.35. The number of halogens is 1. The maximum absolute atomic E-state index is 13.1. The molecule has 142 valence electrons. The number of anilines is 1. The molecule has 0 fully saturated rings. The van der Waals surface area contributed by atoms with E-state index < -0.39 is 6.17 Å². The van der Waals surface area contributed by atoms with E-state index in [1.165, 1.54) is 0 Å². The van der Waals surface area contributed by atoms with E-state index in [9.17, 15) is 4.79 Å². The number of nitrogens with zero attached hydrogens (tertiary/aromatic N) is 3. The summed E-state index contributed by atoms with van der Waals surface area (Å²) >= 11 is 6.75. The summed E-state index contributed by atoms with van der Waals surface area (Å²) in [6, 6.07) is 17.5. The number of nitrogens with one attached hydrogen (secondary N) is 1. The molecule has 4 rings (SSSR count). The minimum Gasteiger partial charge on any atom is -0.361 e. The van der Waals surface area contributed by atoms with Crippen molar-refractivity contribution in [2.45, 2.75) is 19.6 Å². The third-order valence-electron chi connectivity index (χ3n) is 4.91. The van der Waals surface area contributed by atoms with E-state index in [1.54, 1.807) is 15.7 Å². The topological polar surface area (TPSA) is 50.2 Å². The predicted molar refractivity (Wildman–Crippen MR) is 112 cm³/mol. The minimum atomic E-state index is -0.405. The lowest BCUT2D eigenvalue weighted by Gasteiger charge is -2.37. The van der Waals surface area contributed by atoms with Gasteiger partial charge in [-0.3, -0.25) is 4.79 Å². The van der Waals surface area contributed by atoms with E-state index in [-0.39, 0.29) is 5.91 Å². The van der Waals surface area contributed by atoms with Crippen molar-refractivity contribution in [2.75, 3.05) is 11.9 Å². The van der Waals surface area contributed by atoms with Gasteiger partial charge in [0.15, 0.2) is 0 Å². The van der Waals surface area contributed by atoms with E-state index in [0.29, 0.717) is 23.8 Å². The molecule has 0 aliphatic carbocycles.